The lowest BCUT2D eigenvalue weighted by molar-refractivity contribution is -0.145. The van der Waals surface area contributed by atoms with Gasteiger partial charge < -0.3 is 19.7 Å². The van der Waals surface area contributed by atoms with Gasteiger partial charge in [-0.3, -0.25) is 9.69 Å². The van der Waals surface area contributed by atoms with Crippen molar-refractivity contribution in [2.24, 2.45) is 5.92 Å². The Morgan fingerprint density at radius 3 is 1.54 bits per heavy atom. The van der Waals surface area contributed by atoms with E-state index in [1.54, 1.807) is 0 Å². The average molecular weight is 832 g/mol. The Labute approximate surface area is 368 Å². The maximum atomic E-state index is 12.8. The summed E-state index contributed by atoms with van der Waals surface area (Å²) in [7, 11) is 4.08. The Bertz CT molecular complexity index is 939. The van der Waals surface area contributed by atoms with E-state index in [0.29, 0.717) is 32.1 Å². The third-order valence-corrected chi connectivity index (χ3v) is 11.6. The monoisotopic (exact) mass is 832 g/mol. The van der Waals surface area contributed by atoms with Crippen molar-refractivity contribution in [3.8, 4) is 0 Å². The third-order valence-electron chi connectivity index (χ3n) is 11.6. The van der Waals surface area contributed by atoms with Gasteiger partial charge in [-0.05, 0) is 110 Å². The Morgan fingerprint density at radius 1 is 0.508 bits per heavy atom. The van der Waals surface area contributed by atoms with Crippen molar-refractivity contribution < 1.29 is 19.1 Å². The van der Waals surface area contributed by atoms with Gasteiger partial charge in [-0.25, -0.2) is 4.79 Å². The fourth-order valence-corrected chi connectivity index (χ4v) is 7.72. The molecule has 7 nitrogen and oxygen atoms in total. The fraction of sp³-hybridized carbons (Fsp3) is 0.885. The number of ether oxygens (including phenoxy) is 2. The SMILES string of the molecule is CCCCC/C=C\C/C=C\CCCCCCCCN(CCCCCC(=O)OCC(CCCCCCCC)CCCCCCCCCC)CCOC(=O)NCCCN(C)C. The van der Waals surface area contributed by atoms with Crippen LogP contribution in [-0.4, -0.2) is 81.9 Å². The molecule has 1 amide bonds. The lowest BCUT2D eigenvalue weighted by atomic mass is 9.94. The normalized spacial score (nSPS) is 12.4. The zero-order chi connectivity index (χ0) is 43.1. The number of nitrogens with zero attached hydrogens (tertiary/aromatic N) is 2. The van der Waals surface area contributed by atoms with Crippen molar-refractivity contribution >= 4 is 12.1 Å². The molecule has 1 unspecified atom stereocenters. The Morgan fingerprint density at radius 2 is 0.983 bits per heavy atom. The van der Waals surface area contributed by atoms with Crippen LogP contribution in [0.2, 0.25) is 0 Å². The smallest absolute Gasteiger partial charge is 0.407 e. The molecule has 0 aromatic carbocycles. The van der Waals surface area contributed by atoms with Crippen molar-refractivity contribution in [2.45, 2.75) is 233 Å². The molecule has 0 aromatic heterocycles. The number of hydrogen-bond acceptors (Lipinski definition) is 6. The molecule has 1 N–H and O–H groups in total. The molecular formula is C52H101N3O4. The summed E-state index contributed by atoms with van der Waals surface area (Å²) in [6.45, 7) is 12.2. The predicted octanol–water partition coefficient (Wildman–Crippen LogP) is 14.8. The van der Waals surface area contributed by atoms with Crippen LogP contribution in [0.15, 0.2) is 24.3 Å². The molecule has 0 bridgehead atoms. The summed E-state index contributed by atoms with van der Waals surface area (Å²) >= 11 is 0. The van der Waals surface area contributed by atoms with Crippen LogP contribution >= 0.6 is 0 Å². The molecule has 59 heavy (non-hydrogen) atoms. The molecule has 0 saturated heterocycles. The summed E-state index contributed by atoms with van der Waals surface area (Å²) in [6.07, 6.45) is 49.5. The van der Waals surface area contributed by atoms with Gasteiger partial charge in [0.15, 0.2) is 0 Å². The van der Waals surface area contributed by atoms with Crippen molar-refractivity contribution in [3.63, 3.8) is 0 Å². The molecule has 0 aliphatic heterocycles. The Balaban J connectivity index is 4.54. The number of unbranched alkanes of at least 4 members (excludes halogenated alkanes) is 23. The lowest BCUT2D eigenvalue weighted by Crippen LogP contribution is -2.33. The van der Waals surface area contributed by atoms with Gasteiger partial charge in [0.25, 0.3) is 0 Å². The van der Waals surface area contributed by atoms with E-state index in [0.717, 1.165) is 58.3 Å². The second kappa shape index (κ2) is 47.2. The summed E-state index contributed by atoms with van der Waals surface area (Å²) in [6, 6.07) is 0. The van der Waals surface area contributed by atoms with Crippen LogP contribution in [0, 0.1) is 5.92 Å². The van der Waals surface area contributed by atoms with E-state index in [2.05, 4.69) is 60.2 Å². The molecule has 7 heteroatoms. The molecule has 0 spiro atoms. The highest BCUT2D eigenvalue weighted by molar-refractivity contribution is 5.69. The van der Waals surface area contributed by atoms with Crippen LogP contribution in [0.3, 0.4) is 0 Å². The molecule has 0 rings (SSSR count). The van der Waals surface area contributed by atoms with Crippen molar-refractivity contribution in [1.82, 2.24) is 15.1 Å². The van der Waals surface area contributed by atoms with Gasteiger partial charge in [-0.2, -0.15) is 0 Å². The molecule has 0 radical (unpaired) electrons. The van der Waals surface area contributed by atoms with E-state index in [1.807, 2.05) is 14.1 Å². The zero-order valence-corrected chi connectivity index (χ0v) is 40.2. The van der Waals surface area contributed by atoms with E-state index < -0.39 is 0 Å². The number of nitrogens with one attached hydrogen (secondary N) is 1. The summed E-state index contributed by atoms with van der Waals surface area (Å²) < 4.78 is 11.4. The van der Waals surface area contributed by atoms with Crippen LogP contribution in [0.5, 0.6) is 0 Å². The van der Waals surface area contributed by atoms with Gasteiger partial charge in [-0.1, -0.05) is 180 Å². The standard InChI is InChI=1S/C52H101N3O4/c1-6-9-12-15-18-20-21-22-23-24-25-26-27-29-32-37-45-55(47-48-58-52(57)53-43-39-44-54(4)5)46-38-33-36-42-51(56)59-49-50(40-34-30-17-14-11-8-3)41-35-31-28-19-16-13-10-7-2/h18,20,22-23,50H,6-17,19,21,24-49H2,1-5H3,(H,53,57)/b20-18-,23-22-. The largest absolute Gasteiger partial charge is 0.465 e. The predicted molar refractivity (Wildman–Crippen MR) is 256 cm³/mol. The first kappa shape index (κ1) is 57.1. The molecule has 0 fully saturated rings. The van der Waals surface area contributed by atoms with Gasteiger partial charge in [0.2, 0.25) is 0 Å². The van der Waals surface area contributed by atoms with Crippen molar-refractivity contribution in [3.05, 3.63) is 24.3 Å². The molecule has 0 aromatic rings. The van der Waals surface area contributed by atoms with Gasteiger partial charge in [-0.15, -0.1) is 0 Å². The van der Waals surface area contributed by atoms with Crippen LogP contribution in [-0.2, 0) is 14.3 Å². The van der Waals surface area contributed by atoms with Gasteiger partial charge in [0.05, 0.1) is 6.61 Å². The zero-order valence-electron chi connectivity index (χ0n) is 40.2. The van der Waals surface area contributed by atoms with Gasteiger partial charge >= 0.3 is 12.1 Å². The molecule has 1 atom stereocenters. The molecular weight excluding hydrogens is 731 g/mol. The number of hydrogen-bond donors (Lipinski definition) is 1. The summed E-state index contributed by atoms with van der Waals surface area (Å²) in [5, 5.41) is 2.89. The quantitative estimate of drug-likeness (QED) is 0.0374. The molecule has 0 aliphatic rings. The number of allylic oxidation sites excluding steroid dienone is 4. The van der Waals surface area contributed by atoms with Gasteiger partial charge in [0.1, 0.15) is 6.61 Å². The number of rotatable bonds is 46. The van der Waals surface area contributed by atoms with Crippen molar-refractivity contribution in [2.75, 3.05) is 60.0 Å². The summed E-state index contributed by atoms with van der Waals surface area (Å²) in [5.41, 5.74) is 0. The van der Waals surface area contributed by atoms with E-state index in [1.165, 1.54) is 173 Å². The minimum absolute atomic E-state index is 0.0166. The maximum Gasteiger partial charge on any atom is 0.407 e. The highest BCUT2D eigenvalue weighted by Gasteiger charge is 2.13. The summed E-state index contributed by atoms with van der Waals surface area (Å²) in [5.74, 6) is 0.498. The molecule has 0 aliphatic carbocycles. The van der Waals surface area contributed by atoms with Crippen LogP contribution < -0.4 is 5.32 Å². The highest BCUT2D eigenvalue weighted by Crippen LogP contribution is 2.21. The number of amides is 1. The minimum atomic E-state index is -0.317. The third kappa shape index (κ3) is 45.5. The second-order valence-corrected chi connectivity index (χ2v) is 17.8. The van der Waals surface area contributed by atoms with Crippen LogP contribution in [0.25, 0.3) is 0 Å². The van der Waals surface area contributed by atoms with Crippen LogP contribution in [0.1, 0.15) is 233 Å². The molecule has 0 saturated carbocycles. The van der Waals surface area contributed by atoms with Crippen molar-refractivity contribution in [1.29, 1.82) is 0 Å². The number of alkyl carbamates (subject to hydrolysis) is 1. The van der Waals surface area contributed by atoms with E-state index >= 15 is 0 Å². The van der Waals surface area contributed by atoms with E-state index in [4.69, 9.17) is 9.47 Å². The Hall–Kier alpha value is -1.86. The highest BCUT2D eigenvalue weighted by atomic mass is 16.5. The second-order valence-electron chi connectivity index (χ2n) is 17.8. The summed E-state index contributed by atoms with van der Waals surface area (Å²) in [4.78, 5) is 29.6. The minimum Gasteiger partial charge on any atom is -0.465 e. The molecule has 348 valence electrons. The van der Waals surface area contributed by atoms with E-state index in [-0.39, 0.29) is 12.1 Å². The lowest BCUT2D eigenvalue weighted by Gasteiger charge is -2.22. The fourth-order valence-electron chi connectivity index (χ4n) is 7.72. The number of esters is 1. The topological polar surface area (TPSA) is 71.1 Å². The Kier molecular flexibility index (Phi) is 45.7. The number of carbonyl (C=O) groups excluding carboxylic acids is 2. The van der Waals surface area contributed by atoms with Crippen LogP contribution in [0.4, 0.5) is 4.79 Å². The number of carbonyl (C=O) groups is 2. The first-order chi connectivity index (χ1) is 28.9. The maximum absolute atomic E-state index is 12.8. The molecule has 0 heterocycles. The first-order valence-electron chi connectivity index (χ1n) is 25.7. The average Bonchev–Trinajstić information content (AvgIpc) is 3.22. The van der Waals surface area contributed by atoms with Gasteiger partial charge in [0, 0.05) is 19.5 Å². The van der Waals surface area contributed by atoms with E-state index in [9.17, 15) is 9.59 Å². The first-order valence-corrected chi connectivity index (χ1v) is 25.7.